The van der Waals surface area contributed by atoms with E-state index in [4.69, 9.17) is 14.2 Å². The van der Waals surface area contributed by atoms with E-state index < -0.39 is 6.16 Å². The van der Waals surface area contributed by atoms with Crippen LogP contribution in [-0.4, -0.2) is 31.2 Å². The number of benzene rings is 3. The highest BCUT2D eigenvalue weighted by molar-refractivity contribution is 5.94. The molecule has 0 fully saturated rings. The summed E-state index contributed by atoms with van der Waals surface area (Å²) in [6.45, 7) is 2.70. The minimum atomic E-state index is -0.790. The highest BCUT2D eigenvalue weighted by atomic mass is 16.7. The maximum Gasteiger partial charge on any atom is 0.513 e. The van der Waals surface area contributed by atoms with Crippen LogP contribution in [0.4, 0.5) is 10.5 Å². The van der Waals surface area contributed by atoms with Gasteiger partial charge in [0.05, 0.1) is 13.2 Å². The molecule has 8 nitrogen and oxygen atoms in total. The average Bonchev–Trinajstić information content (AvgIpc) is 2.87. The van der Waals surface area contributed by atoms with Gasteiger partial charge in [0, 0.05) is 24.2 Å². The van der Waals surface area contributed by atoms with Crippen LogP contribution in [0, 0.1) is 0 Å². The summed E-state index contributed by atoms with van der Waals surface area (Å²) in [5, 5.41) is 5.69. The van der Waals surface area contributed by atoms with E-state index in [-0.39, 0.29) is 18.4 Å². The lowest BCUT2D eigenvalue weighted by Gasteiger charge is -2.09. The molecule has 0 spiro atoms. The molecule has 0 aliphatic rings. The van der Waals surface area contributed by atoms with E-state index in [2.05, 4.69) is 10.6 Å². The first-order valence-corrected chi connectivity index (χ1v) is 11.3. The predicted octanol–water partition coefficient (Wildman–Crippen LogP) is 4.95. The van der Waals surface area contributed by atoms with Crippen molar-refractivity contribution < 1.29 is 28.6 Å². The van der Waals surface area contributed by atoms with Crippen LogP contribution in [-0.2, 0) is 16.1 Å². The first-order chi connectivity index (χ1) is 17.0. The van der Waals surface area contributed by atoms with Crippen molar-refractivity contribution >= 4 is 23.7 Å². The molecule has 3 aromatic carbocycles. The van der Waals surface area contributed by atoms with Crippen molar-refractivity contribution in [2.75, 3.05) is 18.5 Å². The van der Waals surface area contributed by atoms with E-state index in [1.165, 1.54) is 12.1 Å². The Labute approximate surface area is 204 Å². The third-order valence-corrected chi connectivity index (χ3v) is 4.83. The highest BCUT2D eigenvalue weighted by Gasteiger charge is 2.09. The molecule has 0 unspecified atom stereocenters. The second kappa shape index (κ2) is 13.4. The summed E-state index contributed by atoms with van der Waals surface area (Å²) < 4.78 is 15.3. The van der Waals surface area contributed by atoms with E-state index in [0.29, 0.717) is 43.0 Å². The first-order valence-electron chi connectivity index (χ1n) is 11.3. The van der Waals surface area contributed by atoms with Gasteiger partial charge in [-0.2, -0.15) is 0 Å². The molecule has 0 radical (unpaired) electrons. The number of hydrogen-bond acceptors (Lipinski definition) is 6. The van der Waals surface area contributed by atoms with Crippen LogP contribution in [0.1, 0.15) is 35.7 Å². The van der Waals surface area contributed by atoms with Crippen molar-refractivity contribution in [3.8, 4) is 11.5 Å². The normalized spacial score (nSPS) is 10.2. The Hall–Kier alpha value is -4.33. The van der Waals surface area contributed by atoms with Gasteiger partial charge in [0.1, 0.15) is 11.5 Å². The zero-order valence-electron chi connectivity index (χ0n) is 19.5. The van der Waals surface area contributed by atoms with Crippen molar-refractivity contribution in [1.29, 1.82) is 0 Å². The highest BCUT2D eigenvalue weighted by Crippen LogP contribution is 2.14. The Bertz CT molecular complexity index is 1100. The molecule has 0 saturated carbocycles. The van der Waals surface area contributed by atoms with Crippen LogP contribution in [0.25, 0.3) is 0 Å². The smallest absolute Gasteiger partial charge is 0.494 e. The van der Waals surface area contributed by atoms with E-state index in [1.807, 2.05) is 42.5 Å². The molecule has 2 amide bonds. The number of amides is 2. The monoisotopic (exact) mass is 476 g/mol. The maximum absolute atomic E-state index is 12.4. The number of anilines is 1. The Morgan fingerprint density at radius 2 is 1.54 bits per heavy atom. The number of hydrogen-bond donors (Lipinski definition) is 2. The lowest BCUT2D eigenvalue weighted by atomic mass is 10.1. The quantitative estimate of drug-likeness (QED) is 0.231. The van der Waals surface area contributed by atoms with Crippen LogP contribution in [0.3, 0.4) is 0 Å². The van der Waals surface area contributed by atoms with E-state index in [1.54, 1.807) is 31.2 Å². The number of nitrogens with one attached hydrogen (secondary N) is 2. The fraction of sp³-hybridized carbons (Fsp3) is 0.222. The van der Waals surface area contributed by atoms with Gasteiger partial charge < -0.3 is 24.8 Å². The van der Waals surface area contributed by atoms with Gasteiger partial charge in [0.15, 0.2) is 0 Å². The second-order valence-electron chi connectivity index (χ2n) is 7.50. The number of ether oxygens (including phenoxy) is 3. The van der Waals surface area contributed by atoms with Crippen LogP contribution < -0.4 is 20.1 Å². The van der Waals surface area contributed by atoms with E-state index >= 15 is 0 Å². The summed E-state index contributed by atoms with van der Waals surface area (Å²) in [5.74, 6) is 0.734. The second-order valence-corrected chi connectivity index (χ2v) is 7.50. The molecule has 0 aliphatic carbocycles. The van der Waals surface area contributed by atoms with Crippen LogP contribution >= 0.6 is 0 Å². The maximum atomic E-state index is 12.4. The molecule has 3 rings (SSSR count). The van der Waals surface area contributed by atoms with Gasteiger partial charge in [-0.15, -0.1) is 0 Å². The number of para-hydroxylation sites is 1. The summed E-state index contributed by atoms with van der Waals surface area (Å²) >= 11 is 0. The first kappa shape index (κ1) is 25.3. The molecule has 0 atom stereocenters. The lowest BCUT2D eigenvalue weighted by Crippen LogP contribution is -2.22. The number of rotatable bonds is 11. The van der Waals surface area contributed by atoms with Gasteiger partial charge >= 0.3 is 6.16 Å². The molecule has 0 aromatic heterocycles. The SMILES string of the molecule is CCOC(=O)Oc1ccc(C(=O)NCc2ccc(NC(=O)CCCOc3ccccc3)cc2)cc1. The van der Waals surface area contributed by atoms with Crippen molar-refractivity contribution in [2.45, 2.75) is 26.3 Å². The Balaban J connectivity index is 1.37. The van der Waals surface area contributed by atoms with Crippen molar-refractivity contribution in [3.63, 3.8) is 0 Å². The topological polar surface area (TPSA) is 103 Å². The molecule has 0 saturated heterocycles. The van der Waals surface area contributed by atoms with Crippen LogP contribution in [0.5, 0.6) is 11.5 Å². The van der Waals surface area contributed by atoms with Gasteiger partial charge in [-0.3, -0.25) is 9.59 Å². The third kappa shape index (κ3) is 8.85. The van der Waals surface area contributed by atoms with Gasteiger partial charge in [-0.25, -0.2) is 4.79 Å². The van der Waals surface area contributed by atoms with Gasteiger partial charge in [0.2, 0.25) is 5.91 Å². The van der Waals surface area contributed by atoms with Crippen molar-refractivity contribution in [3.05, 3.63) is 90.0 Å². The van der Waals surface area contributed by atoms with E-state index in [9.17, 15) is 14.4 Å². The van der Waals surface area contributed by atoms with Crippen molar-refractivity contribution in [1.82, 2.24) is 5.32 Å². The summed E-state index contributed by atoms with van der Waals surface area (Å²) in [5.41, 5.74) is 2.00. The fourth-order valence-corrected chi connectivity index (χ4v) is 3.07. The summed E-state index contributed by atoms with van der Waals surface area (Å²) in [6.07, 6.45) is 0.177. The van der Waals surface area contributed by atoms with Gasteiger partial charge in [-0.1, -0.05) is 30.3 Å². The molecular formula is C27H28N2O6. The van der Waals surface area contributed by atoms with Crippen molar-refractivity contribution in [2.24, 2.45) is 0 Å². The van der Waals surface area contributed by atoms with Gasteiger partial charge in [0.25, 0.3) is 5.91 Å². The molecule has 3 aromatic rings. The minimum Gasteiger partial charge on any atom is -0.494 e. The van der Waals surface area contributed by atoms with E-state index in [0.717, 1.165) is 11.3 Å². The lowest BCUT2D eigenvalue weighted by molar-refractivity contribution is -0.116. The Morgan fingerprint density at radius 1 is 0.829 bits per heavy atom. The van der Waals surface area contributed by atoms with Crippen LogP contribution in [0.15, 0.2) is 78.9 Å². The molecule has 0 bridgehead atoms. The molecule has 8 heteroatoms. The summed E-state index contributed by atoms with van der Waals surface area (Å²) in [7, 11) is 0. The van der Waals surface area contributed by atoms with Gasteiger partial charge in [-0.05, 0) is 67.4 Å². The number of carbonyl (C=O) groups excluding carboxylic acids is 3. The Kier molecular flexibility index (Phi) is 9.68. The molecule has 0 aliphatic heterocycles. The molecule has 182 valence electrons. The fourth-order valence-electron chi connectivity index (χ4n) is 3.07. The summed E-state index contributed by atoms with van der Waals surface area (Å²) in [6, 6.07) is 22.9. The third-order valence-electron chi connectivity index (χ3n) is 4.83. The largest absolute Gasteiger partial charge is 0.513 e. The average molecular weight is 477 g/mol. The molecule has 35 heavy (non-hydrogen) atoms. The zero-order chi connectivity index (χ0) is 24.9. The molecular weight excluding hydrogens is 448 g/mol. The number of carbonyl (C=O) groups is 3. The van der Waals surface area contributed by atoms with Crippen LogP contribution in [0.2, 0.25) is 0 Å². The predicted molar refractivity (Wildman–Crippen MR) is 132 cm³/mol. The zero-order valence-corrected chi connectivity index (χ0v) is 19.5. The molecule has 0 heterocycles. The standard InChI is InChI=1S/C27H28N2O6/c1-2-33-27(32)35-24-16-12-21(13-17-24)26(31)28-19-20-10-14-22(15-11-20)29-25(30)9-6-18-34-23-7-4-3-5-8-23/h3-5,7-8,10-17H,2,6,9,18-19H2,1H3,(H,28,31)(H,29,30). The Morgan fingerprint density at radius 3 is 2.23 bits per heavy atom. The summed E-state index contributed by atoms with van der Waals surface area (Å²) in [4.78, 5) is 35.8. The minimum absolute atomic E-state index is 0.0851. The molecule has 2 N–H and O–H groups in total.